The van der Waals surface area contributed by atoms with Crippen molar-refractivity contribution < 1.29 is 9.59 Å². The molecule has 0 bridgehead atoms. The molecule has 0 saturated heterocycles. The van der Waals surface area contributed by atoms with Crippen LogP contribution in [-0.4, -0.2) is 18.4 Å². The molecule has 16 heavy (non-hydrogen) atoms. The molecule has 0 radical (unpaired) electrons. The predicted octanol–water partition coefficient (Wildman–Crippen LogP) is 1.06. The molecule has 0 fully saturated rings. The van der Waals surface area contributed by atoms with Gasteiger partial charge in [0.1, 0.15) is 0 Å². The maximum atomic E-state index is 11.4. The van der Waals surface area contributed by atoms with Crippen molar-refractivity contribution in [3.05, 3.63) is 36.5 Å². The molecule has 0 saturated carbocycles. The molecular formula is C12H18N2O2. The first-order chi connectivity index (χ1) is 7.47. The van der Waals surface area contributed by atoms with E-state index in [2.05, 4.69) is 18.5 Å². The molecule has 0 aliphatic heterocycles. The van der Waals surface area contributed by atoms with Gasteiger partial charge in [-0.15, -0.1) is 0 Å². The zero-order valence-electron chi connectivity index (χ0n) is 9.58. The summed E-state index contributed by atoms with van der Waals surface area (Å²) in [7, 11) is 0. The molecule has 88 valence electrons. The third kappa shape index (κ3) is 6.59. The summed E-state index contributed by atoms with van der Waals surface area (Å²) in [4.78, 5) is 21.8. The quantitative estimate of drug-likeness (QED) is 0.384. The third-order valence-electron chi connectivity index (χ3n) is 2.00. The Labute approximate surface area is 95.9 Å². The average molecular weight is 222 g/mol. The van der Waals surface area contributed by atoms with Crippen molar-refractivity contribution >= 4 is 11.8 Å². The lowest BCUT2D eigenvalue weighted by molar-refractivity contribution is -0.117. The van der Waals surface area contributed by atoms with E-state index in [1.165, 1.54) is 6.08 Å². The molecule has 4 nitrogen and oxygen atoms in total. The van der Waals surface area contributed by atoms with Crippen LogP contribution in [0.15, 0.2) is 36.5 Å². The second-order valence-corrected chi connectivity index (χ2v) is 3.37. The van der Waals surface area contributed by atoms with Gasteiger partial charge in [0.05, 0.1) is 0 Å². The number of nitrogens with one attached hydrogen (secondary N) is 1. The van der Waals surface area contributed by atoms with E-state index in [0.717, 1.165) is 24.5 Å². The largest absolute Gasteiger partial charge is 0.366 e. The van der Waals surface area contributed by atoms with Crippen LogP contribution in [0.1, 0.15) is 19.8 Å². The summed E-state index contributed by atoms with van der Waals surface area (Å²) in [5.41, 5.74) is 6.18. The summed E-state index contributed by atoms with van der Waals surface area (Å²) in [5.74, 6) is -0.908. The van der Waals surface area contributed by atoms with Crippen LogP contribution < -0.4 is 11.1 Å². The fourth-order valence-electron chi connectivity index (χ4n) is 0.902. The zero-order valence-corrected chi connectivity index (χ0v) is 9.58. The first-order valence-electron chi connectivity index (χ1n) is 5.08. The molecular weight excluding hydrogens is 204 g/mol. The Bertz CT molecular complexity index is 330. The van der Waals surface area contributed by atoms with Gasteiger partial charge in [-0.3, -0.25) is 9.59 Å². The summed E-state index contributed by atoms with van der Waals surface area (Å²) in [6.45, 7) is 9.88. The highest BCUT2D eigenvalue weighted by atomic mass is 16.2. The average Bonchev–Trinajstić information content (AvgIpc) is 2.25. The van der Waals surface area contributed by atoms with Gasteiger partial charge in [0, 0.05) is 18.2 Å². The molecule has 0 aliphatic carbocycles. The fourth-order valence-corrected chi connectivity index (χ4v) is 0.902. The molecule has 3 N–H and O–H groups in total. The summed E-state index contributed by atoms with van der Waals surface area (Å²) in [6.07, 6.45) is 4.05. The Morgan fingerprint density at radius 1 is 1.31 bits per heavy atom. The summed E-state index contributed by atoms with van der Waals surface area (Å²) in [5, 5.41) is 2.67. The lowest BCUT2D eigenvalue weighted by atomic mass is 10.1. The number of carbonyl (C=O) groups excluding carboxylic acids is 2. The fraction of sp³-hybridized carbons (Fsp3) is 0.333. The van der Waals surface area contributed by atoms with Crippen molar-refractivity contribution in [3.63, 3.8) is 0 Å². The monoisotopic (exact) mass is 222 g/mol. The highest BCUT2D eigenvalue weighted by Gasteiger charge is 2.02. The van der Waals surface area contributed by atoms with Crippen LogP contribution in [-0.2, 0) is 9.59 Å². The van der Waals surface area contributed by atoms with Crippen LogP contribution in [0.3, 0.4) is 0 Å². The Balaban J connectivity index is 3.93. The van der Waals surface area contributed by atoms with Gasteiger partial charge in [0.15, 0.2) is 0 Å². The number of amides is 2. The minimum atomic E-state index is -0.603. The van der Waals surface area contributed by atoms with E-state index in [1.54, 1.807) is 0 Å². The van der Waals surface area contributed by atoms with Crippen LogP contribution in [0.4, 0.5) is 0 Å². The van der Waals surface area contributed by atoms with Crippen LogP contribution >= 0.6 is 0 Å². The molecule has 0 aliphatic rings. The van der Waals surface area contributed by atoms with Crippen molar-refractivity contribution in [2.24, 2.45) is 5.73 Å². The number of carbonyl (C=O) groups is 2. The van der Waals surface area contributed by atoms with Gasteiger partial charge in [-0.25, -0.2) is 0 Å². The summed E-state index contributed by atoms with van der Waals surface area (Å²) in [6, 6.07) is 0. The van der Waals surface area contributed by atoms with Gasteiger partial charge in [-0.1, -0.05) is 25.7 Å². The van der Waals surface area contributed by atoms with Gasteiger partial charge in [0.2, 0.25) is 5.91 Å². The first kappa shape index (κ1) is 14.2. The standard InChI is InChI=1S/C12H18N2O2/c1-4-9(2)7-8-14-12(16)10(3)5-6-11(13)15/h5-6H,2-4,7-8H2,1H3,(H2,13,15)(H,14,16)/b6-5-. The van der Waals surface area contributed by atoms with Crippen molar-refractivity contribution in [3.8, 4) is 0 Å². The molecule has 0 rings (SSSR count). The molecule has 0 heterocycles. The van der Waals surface area contributed by atoms with Crippen molar-refractivity contribution in [1.29, 1.82) is 0 Å². The predicted molar refractivity (Wildman–Crippen MR) is 64.5 cm³/mol. The van der Waals surface area contributed by atoms with Crippen LogP contribution in [0.2, 0.25) is 0 Å². The number of nitrogens with two attached hydrogens (primary N) is 1. The molecule has 0 atom stereocenters. The van der Waals surface area contributed by atoms with Crippen molar-refractivity contribution in [1.82, 2.24) is 5.32 Å². The Hall–Kier alpha value is -1.84. The zero-order chi connectivity index (χ0) is 12.6. The van der Waals surface area contributed by atoms with E-state index in [9.17, 15) is 9.59 Å². The molecule has 2 amide bonds. The molecule has 0 aromatic heterocycles. The number of rotatable bonds is 7. The van der Waals surface area contributed by atoms with Crippen molar-refractivity contribution in [2.75, 3.05) is 6.54 Å². The minimum absolute atomic E-state index is 0.209. The van der Waals surface area contributed by atoms with Crippen LogP contribution in [0.25, 0.3) is 0 Å². The maximum Gasteiger partial charge on any atom is 0.250 e. The van der Waals surface area contributed by atoms with Crippen molar-refractivity contribution in [2.45, 2.75) is 19.8 Å². The van der Waals surface area contributed by atoms with E-state index in [-0.39, 0.29) is 11.5 Å². The van der Waals surface area contributed by atoms with Gasteiger partial charge < -0.3 is 11.1 Å². The Kier molecular flexibility index (Phi) is 6.59. The number of primary amides is 1. The van der Waals surface area contributed by atoms with E-state index >= 15 is 0 Å². The smallest absolute Gasteiger partial charge is 0.250 e. The van der Waals surface area contributed by atoms with Gasteiger partial charge in [0.25, 0.3) is 5.91 Å². The van der Waals surface area contributed by atoms with Crippen LogP contribution in [0.5, 0.6) is 0 Å². The Morgan fingerprint density at radius 3 is 2.44 bits per heavy atom. The second kappa shape index (κ2) is 7.45. The lowest BCUT2D eigenvalue weighted by Crippen LogP contribution is -2.25. The molecule has 0 unspecified atom stereocenters. The van der Waals surface area contributed by atoms with E-state index in [4.69, 9.17) is 5.73 Å². The summed E-state index contributed by atoms with van der Waals surface area (Å²) < 4.78 is 0. The summed E-state index contributed by atoms with van der Waals surface area (Å²) >= 11 is 0. The second-order valence-electron chi connectivity index (χ2n) is 3.37. The lowest BCUT2D eigenvalue weighted by Gasteiger charge is -2.05. The number of hydrogen-bond acceptors (Lipinski definition) is 2. The SMILES string of the molecule is C=C(CC)CCNC(=O)C(=C)/C=C\C(N)=O. The number of hydrogen-bond donors (Lipinski definition) is 2. The molecule has 0 spiro atoms. The van der Waals surface area contributed by atoms with E-state index in [1.807, 2.05) is 6.92 Å². The molecule has 0 aromatic rings. The highest BCUT2D eigenvalue weighted by molar-refractivity contribution is 5.97. The molecule has 0 aromatic carbocycles. The van der Waals surface area contributed by atoms with Gasteiger partial charge >= 0.3 is 0 Å². The highest BCUT2D eigenvalue weighted by Crippen LogP contribution is 2.01. The maximum absolute atomic E-state index is 11.4. The Morgan fingerprint density at radius 2 is 1.94 bits per heavy atom. The van der Waals surface area contributed by atoms with Gasteiger partial charge in [-0.05, 0) is 18.9 Å². The van der Waals surface area contributed by atoms with E-state index < -0.39 is 5.91 Å². The topological polar surface area (TPSA) is 72.2 Å². The van der Waals surface area contributed by atoms with Gasteiger partial charge in [-0.2, -0.15) is 0 Å². The normalized spacial score (nSPS) is 10.1. The first-order valence-corrected chi connectivity index (χ1v) is 5.08. The van der Waals surface area contributed by atoms with Crippen LogP contribution in [0, 0.1) is 0 Å². The minimum Gasteiger partial charge on any atom is -0.366 e. The third-order valence-corrected chi connectivity index (χ3v) is 2.00. The molecule has 4 heteroatoms. The van der Waals surface area contributed by atoms with E-state index in [0.29, 0.717) is 6.54 Å².